The van der Waals surface area contributed by atoms with Crippen LogP contribution in [0.25, 0.3) is 10.8 Å². The average molecular weight is 748 g/mol. The van der Waals surface area contributed by atoms with Gasteiger partial charge in [0.2, 0.25) is 5.90 Å². The monoisotopic (exact) mass is 747 g/mol. The van der Waals surface area contributed by atoms with Gasteiger partial charge in [0.05, 0.1) is 28.4 Å². The first kappa shape index (κ1) is 36.2. The number of carboxylic acids is 1. The van der Waals surface area contributed by atoms with Crippen molar-refractivity contribution in [2.45, 2.75) is 4.90 Å². The second kappa shape index (κ2) is 15.0. The molecule has 0 fully saturated rings. The fraction of sp³-hybridized carbons (Fsp3) is 0. The number of nitrogens with zero attached hydrogens (tertiary/aromatic N) is 7. The molecule has 0 atom stereocenters. The van der Waals surface area contributed by atoms with Crippen LogP contribution in [0.2, 0.25) is 0 Å². The molecule has 6 aromatic rings. The Morgan fingerprint density at radius 3 is 1.80 bits per heavy atom. The second-order valence-corrected chi connectivity index (χ2v) is 12.6. The molecule has 18 heteroatoms. The Morgan fingerprint density at radius 1 is 0.556 bits per heavy atom. The van der Waals surface area contributed by atoms with Crippen LogP contribution in [0.5, 0.6) is 23.0 Å². The molecule has 0 heterocycles. The molecule has 6 aromatic carbocycles. The molecule has 0 unspecified atom stereocenters. The number of hydrogen-bond acceptors (Lipinski definition) is 14. The van der Waals surface area contributed by atoms with Crippen molar-refractivity contribution in [3.63, 3.8) is 0 Å². The standard InChI is InChI=1S/C36H25N7O10S/c44-26-12-13-29(31(46)18-26)42-41-24-6-3-20-15-32(54(51,52)53)33(34(47)27(20)16-24)43-39-23-9-7-21(8-10-23)37-35(48)19-1-4-22(5-2-19)38-40-25-11-14-30(45)28(17-25)36(49)50/h1-18,44-47H,(H,37,48)(H,49,50)(H,51,52,53). The van der Waals surface area contributed by atoms with Crippen LogP contribution in [0.15, 0.2) is 150 Å². The fourth-order valence-corrected chi connectivity index (χ4v) is 5.49. The number of phenolic OH excluding ortho intramolecular Hbond substituents is 3. The highest BCUT2D eigenvalue weighted by Gasteiger charge is 2.22. The van der Waals surface area contributed by atoms with Gasteiger partial charge in [-0.1, -0.05) is 6.07 Å². The van der Waals surface area contributed by atoms with Crippen LogP contribution >= 0.6 is 0 Å². The summed E-state index contributed by atoms with van der Waals surface area (Å²) in [6.07, 6.45) is 0. The molecule has 0 aromatic heterocycles. The van der Waals surface area contributed by atoms with Gasteiger partial charge >= 0.3 is 5.97 Å². The van der Waals surface area contributed by atoms with Crippen molar-refractivity contribution in [1.82, 2.24) is 0 Å². The van der Waals surface area contributed by atoms with Crippen molar-refractivity contribution in [1.29, 1.82) is 0 Å². The third-order valence-corrected chi connectivity index (χ3v) is 8.38. The van der Waals surface area contributed by atoms with Crippen molar-refractivity contribution in [2.24, 2.45) is 35.7 Å². The number of rotatable bonds is 10. The zero-order chi connectivity index (χ0) is 38.6. The predicted molar refractivity (Wildman–Crippen MR) is 195 cm³/mol. The van der Waals surface area contributed by atoms with Crippen molar-refractivity contribution in [3.8, 4) is 23.0 Å². The van der Waals surface area contributed by atoms with Crippen molar-refractivity contribution in [3.05, 3.63) is 120 Å². The smallest absolute Gasteiger partial charge is 0.339 e. The summed E-state index contributed by atoms with van der Waals surface area (Å²) >= 11 is 0. The molecule has 0 saturated carbocycles. The van der Waals surface area contributed by atoms with E-state index in [1.54, 1.807) is 12.1 Å². The summed E-state index contributed by atoms with van der Waals surface area (Å²) in [5.74, 6) is -3.16. The van der Waals surface area contributed by atoms with Gasteiger partial charge in [-0.3, -0.25) is 4.55 Å². The SMILES string of the molecule is O=C(O)c1cc(N=Nc2ccc(C(O)=Nc3ccc(N=Nc4c(S(=O)(=O)O)cc5ccc(N=Nc6ccc(O)cc6O)cc5c4O)cc3)cc2)ccc1O. The Bertz CT molecular complexity index is 2660. The van der Waals surface area contributed by atoms with E-state index >= 15 is 0 Å². The van der Waals surface area contributed by atoms with Gasteiger partial charge in [-0.15, -0.1) is 10.2 Å². The van der Waals surface area contributed by atoms with E-state index < -0.39 is 38.2 Å². The first-order valence-electron chi connectivity index (χ1n) is 15.3. The first-order chi connectivity index (χ1) is 25.7. The molecule has 0 spiro atoms. The molecule has 0 saturated heterocycles. The highest BCUT2D eigenvalue weighted by molar-refractivity contribution is 7.86. The number of aromatic carboxylic acids is 1. The van der Waals surface area contributed by atoms with Gasteiger partial charge in [0.1, 0.15) is 39.1 Å². The minimum atomic E-state index is -4.88. The van der Waals surface area contributed by atoms with Crippen molar-refractivity contribution >= 4 is 72.6 Å². The number of aliphatic hydroxyl groups is 1. The third-order valence-electron chi connectivity index (χ3n) is 7.51. The highest BCUT2D eigenvalue weighted by Crippen LogP contribution is 2.43. The van der Waals surface area contributed by atoms with E-state index in [0.29, 0.717) is 16.9 Å². The summed E-state index contributed by atoms with van der Waals surface area (Å²) in [7, 11) is -4.88. The number of fused-ring (bicyclic) bond motifs is 1. The maximum atomic E-state index is 12.3. The molecule has 0 aliphatic rings. The maximum Gasteiger partial charge on any atom is 0.339 e. The van der Waals surface area contributed by atoms with Crippen LogP contribution in [0.4, 0.5) is 39.8 Å². The molecular weight excluding hydrogens is 723 g/mol. The van der Waals surface area contributed by atoms with E-state index in [1.807, 2.05) is 0 Å². The van der Waals surface area contributed by atoms with Crippen molar-refractivity contribution in [2.75, 3.05) is 0 Å². The number of aromatic hydroxyl groups is 4. The number of aliphatic hydroxyl groups excluding tert-OH is 1. The number of benzene rings is 6. The van der Waals surface area contributed by atoms with E-state index in [0.717, 1.165) is 12.1 Å². The lowest BCUT2D eigenvalue weighted by Gasteiger charge is -2.09. The molecule has 0 bridgehead atoms. The Balaban J connectivity index is 1.20. The normalized spacial score (nSPS) is 12.4. The fourth-order valence-electron chi connectivity index (χ4n) is 4.83. The van der Waals surface area contributed by atoms with Crippen molar-refractivity contribution < 1.29 is 48.4 Å². The average Bonchev–Trinajstić information content (AvgIpc) is 3.14. The molecular formula is C36H25N7O10S. The van der Waals surface area contributed by atoms with Crippen LogP contribution in [0.1, 0.15) is 15.9 Å². The van der Waals surface area contributed by atoms with Gasteiger partial charge < -0.3 is 30.6 Å². The molecule has 270 valence electrons. The first-order valence-corrected chi connectivity index (χ1v) is 16.8. The van der Waals surface area contributed by atoms with Crippen LogP contribution in [-0.4, -0.2) is 55.5 Å². The minimum Gasteiger partial charge on any atom is -0.508 e. The number of carbonyl (C=O) groups is 1. The molecule has 6 rings (SSSR count). The zero-order valence-electron chi connectivity index (χ0n) is 27.3. The zero-order valence-corrected chi connectivity index (χ0v) is 28.1. The lowest BCUT2D eigenvalue weighted by atomic mass is 10.1. The summed E-state index contributed by atoms with van der Waals surface area (Å²) in [6.45, 7) is 0. The van der Waals surface area contributed by atoms with E-state index in [4.69, 9.17) is 5.11 Å². The lowest BCUT2D eigenvalue weighted by Crippen LogP contribution is -1.99. The van der Waals surface area contributed by atoms with E-state index in [1.165, 1.54) is 84.9 Å². The lowest BCUT2D eigenvalue weighted by molar-refractivity contribution is 0.0693. The largest absolute Gasteiger partial charge is 0.508 e. The summed E-state index contributed by atoms with van der Waals surface area (Å²) in [5.41, 5.74) is 0.836. The summed E-state index contributed by atoms with van der Waals surface area (Å²) in [5, 5.41) is 84.1. The highest BCUT2D eigenvalue weighted by atomic mass is 32.2. The molecule has 17 nitrogen and oxygen atoms in total. The summed E-state index contributed by atoms with van der Waals surface area (Å²) in [6, 6.07) is 24.9. The number of aliphatic imine (C=N–C) groups is 1. The molecule has 0 aliphatic carbocycles. The minimum absolute atomic E-state index is 0.0578. The van der Waals surface area contributed by atoms with Crippen LogP contribution in [0, 0.1) is 0 Å². The van der Waals surface area contributed by atoms with E-state index in [-0.39, 0.29) is 56.5 Å². The topological polar surface area (TPSA) is 279 Å². The number of azo groups is 3. The van der Waals surface area contributed by atoms with Gasteiger partial charge in [0.15, 0.2) is 5.75 Å². The van der Waals surface area contributed by atoms with Crippen LogP contribution in [-0.2, 0) is 10.1 Å². The Morgan fingerprint density at radius 2 is 1.13 bits per heavy atom. The Kier molecular flexibility index (Phi) is 10.0. The molecule has 0 aliphatic heterocycles. The third kappa shape index (κ3) is 8.31. The number of phenols is 4. The summed E-state index contributed by atoms with van der Waals surface area (Å²) < 4.78 is 34.4. The number of carboxylic acid groups (broad SMARTS) is 1. The Hall–Kier alpha value is -7.57. The Labute approximate surface area is 304 Å². The summed E-state index contributed by atoms with van der Waals surface area (Å²) in [4.78, 5) is 14.7. The second-order valence-electron chi connectivity index (χ2n) is 11.2. The predicted octanol–water partition coefficient (Wildman–Crippen LogP) is 9.49. The van der Waals surface area contributed by atoms with E-state index in [9.17, 15) is 43.3 Å². The molecule has 0 radical (unpaired) electrons. The van der Waals surface area contributed by atoms with Gasteiger partial charge in [-0.25, -0.2) is 9.79 Å². The maximum absolute atomic E-state index is 12.3. The number of hydrogen-bond donors (Lipinski definition) is 7. The molecule has 0 amide bonds. The molecule has 7 N–H and O–H groups in total. The molecule has 54 heavy (non-hydrogen) atoms. The quantitative estimate of drug-likeness (QED) is 0.0301. The van der Waals surface area contributed by atoms with Gasteiger partial charge in [0, 0.05) is 17.0 Å². The van der Waals surface area contributed by atoms with E-state index in [2.05, 4.69) is 35.7 Å². The van der Waals surface area contributed by atoms with Crippen LogP contribution < -0.4 is 0 Å². The van der Waals surface area contributed by atoms with Gasteiger partial charge in [0.25, 0.3) is 10.1 Å². The van der Waals surface area contributed by atoms with Gasteiger partial charge in [-0.05, 0) is 102 Å². The van der Waals surface area contributed by atoms with Crippen LogP contribution in [0.3, 0.4) is 0 Å². The van der Waals surface area contributed by atoms with Gasteiger partial charge in [-0.2, -0.15) is 28.9 Å².